The number of para-hydroxylation sites is 2. The fraction of sp³-hybridized carbons (Fsp3) is 0.176. The van der Waals surface area contributed by atoms with E-state index in [0.717, 1.165) is 89.8 Å². The van der Waals surface area contributed by atoms with E-state index in [1.54, 1.807) is 0 Å². The lowest BCUT2D eigenvalue weighted by Gasteiger charge is -2.46. The Morgan fingerprint density at radius 1 is 0.273 bits per heavy atom. The van der Waals surface area contributed by atoms with E-state index >= 15 is 0 Å². The van der Waals surface area contributed by atoms with Crippen molar-refractivity contribution in [1.82, 2.24) is 24.1 Å². The normalized spacial score (nSPS) is 13.2. The van der Waals surface area contributed by atoms with E-state index in [1.165, 1.54) is 65.8 Å². The summed E-state index contributed by atoms with van der Waals surface area (Å²) in [6.45, 7) is 27.5. The van der Waals surface area contributed by atoms with Crippen molar-refractivity contribution in [1.29, 1.82) is 0 Å². The molecular weight excluding hydrogens is 1200 g/mol. The number of hydrogen-bond donors (Lipinski definition) is 0. The molecule has 0 saturated carbocycles. The van der Waals surface area contributed by atoms with Crippen molar-refractivity contribution >= 4 is 101 Å². The first-order chi connectivity index (χ1) is 47.6. The van der Waals surface area contributed by atoms with Crippen molar-refractivity contribution in [2.24, 2.45) is 0 Å². The molecule has 0 amide bonds. The highest BCUT2D eigenvalue weighted by atomic mass is 15.2. The third-order valence-electron chi connectivity index (χ3n) is 20.7. The average molecular weight is 1280 g/mol. The van der Waals surface area contributed by atoms with Gasteiger partial charge in [0.05, 0.1) is 33.4 Å². The number of nitrogens with zero attached hydrogens (tertiary/aromatic N) is 7. The van der Waals surface area contributed by atoms with Gasteiger partial charge in [-0.15, -0.1) is 0 Å². The molecule has 0 N–H and O–H groups in total. The molecule has 17 rings (SSSR count). The van der Waals surface area contributed by atoms with Crippen LogP contribution in [0.25, 0.3) is 100 Å². The average Bonchev–Trinajstić information content (AvgIpc) is 1.26. The summed E-state index contributed by atoms with van der Waals surface area (Å²) in [4.78, 5) is 21.8. The van der Waals surface area contributed by atoms with Crippen molar-refractivity contribution in [2.75, 3.05) is 9.80 Å². The van der Waals surface area contributed by atoms with E-state index in [2.05, 4.69) is 357 Å². The van der Waals surface area contributed by atoms with Gasteiger partial charge >= 0.3 is 0 Å². The summed E-state index contributed by atoms with van der Waals surface area (Å²) in [5.74, 6) is 1.77. The standard InChI is InChI=1S/C91H80BN7/c1-88(2,3)60-38-46-76-69(50-60)70-51-61(89(4,5)6)39-47-77(70)96(76)66-42-44-74-80(54-66)98(64-34-24-16-25-35-64)83-68(57-28-18-13-19-29-57)56-73(87-94-85(58-30-20-14-21-31-58)93-86(95-87)59-32-22-15-23-33-59)84-82(83)92(74)75-45-43-67(55-81(75)99(84)65-36-26-17-27-37-65)97-78-48-40-62(90(7,8)9)52-71(78)72-53-63(91(10,11)12)41-49-79(72)97/h13-56H,1-12H3. The Morgan fingerprint density at radius 2 is 0.586 bits per heavy atom. The zero-order valence-corrected chi connectivity index (χ0v) is 58.6. The lowest BCUT2D eigenvalue weighted by atomic mass is 9.33. The summed E-state index contributed by atoms with van der Waals surface area (Å²) < 4.78 is 5.03. The highest BCUT2D eigenvalue weighted by Crippen LogP contribution is 2.53. The first kappa shape index (κ1) is 61.5. The highest BCUT2D eigenvalue weighted by Gasteiger charge is 2.47. The van der Waals surface area contributed by atoms with Gasteiger partial charge in [0.2, 0.25) is 0 Å². The summed E-state index contributed by atoms with van der Waals surface area (Å²) in [5.41, 5.74) is 26.6. The van der Waals surface area contributed by atoms with Crippen molar-refractivity contribution in [3.05, 3.63) is 289 Å². The molecule has 5 heterocycles. The molecule has 0 spiro atoms. The number of benzene rings is 12. The van der Waals surface area contributed by atoms with Gasteiger partial charge in [-0.05, 0) is 169 Å². The van der Waals surface area contributed by atoms with Crippen molar-refractivity contribution in [3.63, 3.8) is 0 Å². The van der Waals surface area contributed by atoms with E-state index in [1.807, 2.05) is 12.1 Å². The minimum Gasteiger partial charge on any atom is -0.311 e. The van der Waals surface area contributed by atoms with Gasteiger partial charge in [-0.2, -0.15) is 0 Å². The second kappa shape index (κ2) is 22.8. The smallest absolute Gasteiger partial charge is 0.252 e. The van der Waals surface area contributed by atoms with Gasteiger partial charge in [0, 0.05) is 77.9 Å². The number of fused-ring (bicyclic) bond motifs is 10. The monoisotopic (exact) mass is 1280 g/mol. The van der Waals surface area contributed by atoms with Crippen LogP contribution in [0.15, 0.2) is 267 Å². The molecular formula is C91H80BN7. The second-order valence-electron chi connectivity index (χ2n) is 31.3. The van der Waals surface area contributed by atoms with E-state index in [4.69, 9.17) is 15.0 Å². The van der Waals surface area contributed by atoms with Crippen LogP contribution in [0.2, 0.25) is 0 Å². The molecule has 8 heteroatoms. The van der Waals surface area contributed by atoms with Crippen molar-refractivity contribution < 1.29 is 0 Å². The van der Waals surface area contributed by atoms with Gasteiger partial charge in [-0.3, -0.25) is 0 Å². The molecule has 99 heavy (non-hydrogen) atoms. The highest BCUT2D eigenvalue weighted by molar-refractivity contribution is 7.00. The first-order valence-corrected chi connectivity index (χ1v) is 34.9. The molecule has 12 aromatic carbocycles. The summed E-state index contributed by atoms with van der Waals surface area (Å²) in [6, 6.07) is 99.4. The predicted octanol–water partition coefficient (Wildman–Crippen LogP) is 22.0. The van der Waals surface area contributed by atoms with Crippen LogP contribution in [0.3, 0.4) is 0 Å². The maximum absolute atomic E-state index is 5.68. The molecule has 482 valence electrons. The van der Waals surface area contributed by atoms with Crippen LogP contribution in [0, 0.1) is 0 Å². The summed E-state index contributed by atoms with van der Waals surface area (Å²) in [7, 11) is 0. The zero-order chi connectivity index (χ0) is 68.0. The van der Waals surface area contributed by atoms with Gasteiger partial charge in [-0.1, -0.05) is 247 Å². The van der Waals surface area contributed by atoms with Gasteiger partial charge in [0.1, 0.15) is 0 Å². The Hall–Kier alpha value is -11.1. The third-order valence-corrected chi connectivity index (χ3v) is 20.7. The second-order valence-corrected chi connectivity index (χ2v) is 31.3. The quantitative estimate of drug-likeness (QED) is 0.142. The lowest BCUT2D eigenvalue weighted by Crippen LogP contribution is -2.61. The molecule has 7 nitrogen and oxygen atoms in total. The number of aromatic nitrogens is 5. The summed E-state index contributed by atoms with van der Waals surface area (Å²) in [5, 5.41) is 5.00. The maximum Gasteiger partial charge on any atom is 0.252 e. The Bertz CT molecular complexity index is 5500. The van der Waals surface area contributed by atoms with Crippen LogP contribution in [-0.2, 0) is 21.7 Å². The molecule has 0 radical (unpaired) electrons. The van der Waals surface area contributed by atoms with Crippen LogP contribution in [0.1, 0.15) is 105 Å². The largest absolute Gasteiger partial charge is 0.311 e. The first-order valence-electron chi connectivity index (χ1n) is 34.9. The Kier molecular flexibility index (Phi) is 14.1. The predicted molar refractivity (Wildman–Crippen MR) is 419 cm³/mol. The number of rotatable bonds is 8. The molecule has 15 aromatic rings. The van der Waals surface area contributed by atoms with E-state index in [9.17, 15) is 0 Å². The minimum absolute atomic E-state index is 0.0460. The Labute approximate surface area is 581 Å². The molecule has 0 aliphatic carbocycles. The number of anilines is 6. The molecule has 2 aliphatic rings. The van der Waals surface area contributed by atoms with Crippen molar-refractivity contribution in [2.45, 2.75) is 105 Å². The van der Waals surface area contributed by atoms with Gasteiger partial charge < -0.3 is 18.9 Å². The Balaban J connectivity index is 1.02. The van der Waals surface area contributed by atoms with Crippen LogP contribution in [0.5, 0.6) is 0 Å². The summed E-state index contributed by atoms with van der Waals surface area (Å²) in [6.07, 6.45) is 0. The van der Waals surface area contributed by atoms with Crippen LogP contribution in [0.4, 0.5) is 34.1 Å². The van der Waals surface area contributed by atoms with Crippen LogP contribution < -0.4 is 26.2 Å². The fourth-order valence-electron chi connectivity index (χ4n) is 15.5. The fourth-order valence-corrected chi connectivity index (χ4v) is 15.5. The SMILES string of the molecule is CC(C)(C)c1ccc2c(c1)c1cc(C(C)(C)C)ccc1n2-c1ccc2c(c1)N(c1ccccc1)c1c(-c3ccccc3)cc(-c3nc(-c4ccccc4)nc(-c4ccccc4)n3)c3c1B2c1ccc(-n2c4ccc(C(C)(C)C)cc4c4cc(C(C)(C)C)ccc42)cc1N3c1ccccc1. The molecule has 3 aromatic heterocycles. The third kappa shape index (κ3) is 10.3. The van der Waals surface area contributed by atoms with Gasteiger partial charge in [0.15, 0.2) is 17.5 Å². The number of hydrogen-bond acceptors (Lipinski definition) is 5. The van der Waals surface area contributed by atoms with Crippen LogP contribution >= 0.6 is 0 Å². The zero-order valence-electron chi connectivity index (χ0n) is 58.6. The van der Waals surface area contributed by atoms with E-state index in [-0.39, 0.29) is 28.4 Å². The van der Waals surface area contributed by atoms with Gasteiger partial charge in [-0.25, -0.2) is 15.0 Å². The molecule has 0 bridgehead atoms. The molecule has 0 atom stereocenters. The molecule has 0 saturated heterocycles. The molecule has 0 unspecified atom stereocenters. The van der Waals surface area contributed by atoms with Crippen LogP contribution in [-0.4, -0.2) is 30.8 Å². The summed E-state index contributed by atoms with van der Waals surface area (Å²) >= 11 is 0. The minimum atomic E-state index is -0.307. The lowest BCUT2D eigenvalue weighted by molar-refractivity contribution is 0.590. The topological polar surface area (TPSA) is 55.0 Å². The van der Waals surface area contributed by atoms with E-state index < -0.39 is 0 Å². The van der Waals surface area contributed by atoms with E-state index in [0.29, 0.717) is 17.5 Å². The maximum atomic E-state index is 5.68. The molecule has 0 fully saturated rings. The van der Waals surface area contributed by atoms with Gasteiger partial charge in [0.25, 0.3) is 6.71 Å². The van der Waals surface area contributed by atoms with Crippen molar-refractivity contribution in [3.8, 4) is 56.7 Å². The Morgan fingerprint density at radius 3 is 0.929 bits per heavy atom. The molecule has 2 aliphatic heterocycles.